The quantitative estimate of drug-likeness (QED) is 0.909. The lowest BCUT2D eigenvalue weighted by atomic mass is 9.79. The minimum absolute atomic E-state index is 0.176. The predicted molar refractivity (Wildman–Crippen MR) is 75.8 cm³/mol. The molecule has 0 bridgehead atoms. The van der Waals surface area contributed by atoms with E-state index >= 15 is 0 Å². The highest BCUT2D eigenvalue weighted by Crippen LogP contribution is 2.42. The van der Waals surface area contributed by atoms with Gasteiger partial charge in [0.25, 0.3) is 0 Å². The molecular weight excluding hydrogens is 236 g/mol. The summed E-state index contributed by atoms with van der Waals surface area (Å²) in [7, 11) is 0. The summed E-state index contributed by atoms with van der Waals surface area (Å²) in [5.41, 5.74) is 7.88. The fourth-order valence-electron chi connectivity index (χ4n) is 3.76. The predicted octanol–water partition coefficient (Wildman–Crippen LogP) is 2.69. The molecule has 1 saturated carbocycles. The van der Waals surface area contributed by atoms with Crippen LogP contribution in [0.25, 0.3) is 0 Å². The van der Waals surface area contributed by atoms with E-state index in [4.69, 9.17) is 10.5 Å². The van der Waals surface area contributed by atoms with Crippen molar-refractivity contribution in [2.24, 2.45) is 11.7 Å². The highest BCUT2D eigenvalue weighted by Gasteiger charge is 2.41. The van der Waals surface area contributed by atoms with Gasteiger partial charge in [0.15, 0.2) is 0 Å². The molecule has 0 aromatic carbocycles. The first-order valence-corrected chi connectivity index (χ1v) is 7.56. The van der Waals surface area contributed by atoms with Crippen LogP contribution in [0, 0.1) is 5.92 Å². The van der Waals surface area contributed by atoms with Gasteiger partial charge in [-0.05, 0) is 49.7 Å². The number of aromatic nitrogens is 1. The molecule has 1 aromatic rings. The standard InChI is InChI=1S/C16H24N2O/c17-15(10-13-4-3-8-18-12-13)14-5-9-19-16(11-14)6-1-2-7-16/h3-4,8,12,14-15H,1-2,5-7,9-11,17H2. The van der Waals surface area contributed by atoms with E-state index in [1.54, 1.807) is 0 Å². The largest absolute Gasteiger partial charge is 0.375 e. The second kappa shape index (κ2) is 5.59. The summed E-state index contributed by atoms with van der Waals surface area (Å²) in [5, 5.41) is 0. The molecule has 3 nitrogen and oxygen atoms in total. The molecule has 2 heterocycles. The molecule has 2 unspecified atom stereocenters. The summed E-state index contributed by atoms with van der Waals surface area (Å²) in [6.45, 7) is 0.894. The van der Waals surface area contributed by atoms with Crippen LogP contribution in [0.4, 0.5) is 0 Å². The van der Waals surface area contributed by atoms with Crippen molar-refractivity contribution in [3.8, 4) is 0 Å². The van der Waals surface area contributed by atoms with Crippen LogP contribution in [0.1, 0.15) is 44.1 Å². The fraction of sp³-hybridized carbons (Fsp3) is 0.688. The monoisotopic (exact) mass is 260 g/mol. The van der Waals surface area contributed by atoms with Crippen molar-refractivity contribution in [3.05, 3.63) is 30.1 Å². The third kappa shape index (κ3) is 2.98. The number of hydrogen-bond acceptors (Lipinski definition) is 3. The minimum atomic E-state index is 0.176. The van der Waals surface area contributed by atoms with E-state index in [-0.39, 0.29) is 11.6 Å². The van der Waals surface area contributed by atoms with Crippen LogP contribution in [-0.2, 0) is 11.2 Å². The lowest BCUT2D eigenvalue weighted by molar-refractivity contribution is -0.0960. The number of nitrogens with zero attached hydrogens (tertiary/aromatic N) is 1. The van der Waals surface area contributed by atoms with E-state index in [0.717, 1.165) is 25.9 Å². The van der Waals surface area contributed by atoms with Crippen LogP contribution in [0.15, 0.2) is 24.5 Å². The Morgan fingerprint density at radius 1 is 1.42 bits per heavy atom. The van der Waals surface area contributed by atoms with Gasteiger partial charge in [-0.15, -0.1) is 0 Å². The summed E-state index contributed by atoms with van der Waals surface area (Å²) in [4.78, 5) is 4.17. The molecule has 1 aliphatic heterocycles. The molecule has 2 atom stereocenters. The van der Waals surface area contributed by atoms with E-state index in [2.05, 4.69) is 11.1 Å². The number of nitrogens with two attached hydrogens (primary N) is 1. The Morgan fingerprint density at radius 2 is 2.26 bits per heavy atom. The number of pyridine rings is 1. The fourth-order valence-corrected chi connectivity index (χ4v) is 3.76. The van der Waals surface area contributed by atoms with Gasteiger partial charge in [-0.25, -0.2) is 0 Å². The van der Waals surface area contributed by atoms with Crippen LogP contribution >= 0.6 is 0 Å². The Morgan fingerprint density at radius 3 is 3.00 bits per heavy atom. The van der Waals surface area contributed by atoms with Crippen molar-refractivity contribution in [1.29, 1.82) is 0 Å². The van der Waals surface area contributed by atoms with Crippen molar-refractivity contribution in [3.63, 3.8) is 0 Å². The molecule has 2 fully saturated rings. The summed E-state index contributed by atoms with van der Waals surface area (Å²) in [6, 6.07) is 4.35. The van der Waals surface area contributed by atoms with Gasteiger partial charge in [-0.1, -0.05) is 18.9 Å². The maximum Gasteiger partial charge on any atom is 0.0685 e. The first-order chi connectivity index (χ1) is 9.27. The van der Waals surface area contributed by atoms with Gasteiger partial charge in [-0.2, -0.15) is 0 Å². The first-order valence-electron chi connectivity index (χ1n) is 7.56. The molecule has 0 radical (unpaired) electrons. The Bertz CT molecular complexity index is 400. The second-order valence-electron chi connectivity index (χ2n) is 6.22. The molecule has 2 N–H and O–H groups in total. The molecular formula is C16H24N2O. The van der Waals surface area contributed by atoms with E-state index in [1.165, 1.54) is 31.2 Å². The van der Waals surface area contributed by atoms with Gasteiger partial charge in [0, 0.05) is 25.0 Å². The van der Waals surface area contributed by atoms with Crippen molar-refractivity contribution in [1.82, 2.24) is 4.98 Å². The Labute approximate surface area is 115 Å². The van der Waals surface area contributed by atoms with Gasteiger partial charge >= 0.3 is 0 Å². The van der Waals surface area contributed by atoms with Gasteiger partial charge in [0.1, 0.15) is 0 Å². The smallest absolute Gasteiger partial charge is 0.0685 e. The highest BCUT2D eigenvalue weighted by atomic mass is 16.5. The Balaban J connectivity index is 1.61. The summed E-state index contributed by atoms with van der Waals surface area (Å²) in [5.74, 6) is 0.604. The number of rotatable bonds is 3. The van der Waals surface area contributed by atoms with Crippen LogP contribution < -0.4 is 5.73 Å². The molecule has 3 heteroatoms. The van der Waals surface area contributed by atoms with Crippen LogP contribution in [-0.4, -0.2) is 23.2 Å². The summed E-state index contributed by atoms with van der Waals surface area (Å²) in [6.07, 6.45) is 12.1. The maximum atomic E-state index is 6.45. The molecule has 3 rings (SSSR count). The maximum absolute atomic E-state index is 6.45. The molecule has 0 amide bonds. The molecule has 1 saturated heterocycles. The van der Waals surface area contributed by atoms with E-state index in [9.17, 15) is 0 Å². The third-order valence-corrected chi connectivity index (χ3v) is 4.85. The number of ether oxygens (including phenoxy) is 1. The zero-order chi connectivity index (χ0) is 13.1. The van der Waals surface area contributed by atoms with Crippen molar-refractivity contribution < 1.29 is 4.74 Å². The van der Waals surface area contributed by atoms with Crippen molar-refractivity contribution in [2.75, 3.05) is 6.61 Å². The average molecular weight is 260 g/mol. The zero-order valence-corrected chi connectivity index (χ0v) is 11.6. The lowest BCUT2D eigenvalue weighted by Gasteiger charge is -2.40. The van der Waals surface area contributed by atoms with Gasteiger partial charge < -0.3 is 10.5 Å². The summed E-state index contributed by atoms with van der Waals surface area (Å²) < 4.78 is 6.09. The Kier molecular flexibility index (Phi) is 3.85. The third-order valence-electron chi connectivity index (χ3n) is 4.85. The first kappa shape index (κ1) is 13.1. The Hall–Kier alpha value is -0.930. The summed E-state index contributed by atoms with van der Waals surface area (Å²) >= 11 is 0. The van der Waals surface area contributed by atoms with E-state index in [1.807, 2.05) is 18.5 Å². The van der Waals surface area contributed by atoms with Crippen LogP contribution in [0.2, 0.25) is 0 Å². The van der Waals surface area contributed by atoms with Crippen LogP contribution in [0.5, 0.6) is 0 Å². The van der Waals surface area contributed by atoms with Gasteiger partial charge in [0.2, 0.25) is 0 Å². The molecule has 1 aromatic heterocycles. The molecule has 1 spiro atoms. The average Bonchev–Trinajstić information content (AvgIpc) is 2.88. The van der Waals surface area contributed by atoms with E-state index in [0.29, 0.717) is 5.92 Å². The minimum Gasteiger partial charge on any atom is -0.375 e. The molecule has 1 aliphatic carbocycles. The van der Waals surface area contributed by atoms with Gasteiger partial charge in [0.05, 0.1) is 5.60 Å². The second-order valence-corrected chi connectivity index (χ2v) is 6.22. The highest BCUT2D eigenvalue weighted by molar-refractivity contribution is 5.10. The SMILES string of the molecule is NC(Cc1cccnc1)C1CCOC2(CCCC2)C1. The molecule has 104 valence electrons. The van der Waals surface area contributed by atoms with Crippen LogP contribution in [0.3, 0.4) is 0 Å². The number of hydrogen-bond donors (Lipinski definition) is 1. The van der Waals surface area contributed by atoms with Crippen molar-refractivity contribution >= 4 is 0 Å². The molecule has 19 heavy (non-hydrogen) atoms. The van der Waals surface area contributed by atoms with Gasteiger partial charge in [-0.3, -0.25) is 4.98 Å². The van der Waals surface area contributed by atoms with Crippen molar-refractivity contribution in [2.45, 2.75) is 56.6 Å². The normalized spacial score (nSPS) is 27.5. The topological polar surface area (TPSA) is 48.1 Å². The lowest BCUT2D eigenvalue weighted by Crippen LogP contribution is -2.44. The van der Waals surface area contributed by atoms with E-state index < -0.39 is 0 Å². The zero-order valence-electron chi connectivity index (χ0n) is 11.6. The molecule has 2 aliphatic rings.